The van der Waals surface area contributed by atoms with Gasteiger partial charge in [0.1, 0.15) is 0 Å². The van der Waals surface area contributed by atoms with Crippen molar-refractivity contribution in [2.45, 2.75) is 58.9 Å². The maximum Gasteiger partial charge on any atom is 0.0180 e. The summed E-state index contributed by atoms with van der Waals surface area (Å²) in [7, 11) is 0. The second-order valence-corrected chi connectivity index (χ2v) is 5.25. The Morgan fingerprint density at radius 1 is 1.07 bits per heavy atom. The molecule has 0 aliphatic carbocycles. The molecular formula is C12H26IN. The van der Waals surface area contributed by atoms with E-state index in [1.54, 1.807) is 0 Å². The van der Waals surface area contributed by atoms with E-state index in [4.69, 9.17) is 0 Å². The van der Waals surface area contributed by atoms with Gasteiger partial charge in [0.2, 0.25) is 0 Å². The van der Waals surface area contributed by atoms with Crippen molar-refractivity contribution in [2.75, 3.05) is 11.0 Å². The van der Waals surface area contributed by atoms with E-state index in [9.17, 15) is 0 Å². The van der Waals surface area contributed by atoms with E-state index in [0.717, 1.165) is 5.92 Å². The molecule has 0 rings (SSSR count). The summed E-state index contributed by atoms with van der Waals surface area (Å²) in [5, 5.41) is 3.64. The first-order valence-electron chi connectivity index (χ1n) is 6.01. The Hall–Kier alpha value is 0.690. The summed E-state index contributed by atoms with van der Waals surface area (Å²) >= 11 is 2.48. The molecule has 1 unspecified atom stereocenters. The van der Waals surface area contributed by atoms with Crippen LogP contribution in [0.3, 0.4) is 0 Å². The van der Waals surface area contributed by atoms with Crippen molar-refractivity contribution in [1.82, 2.24) is 5.32 Å². The highest BCUT2D eigenvalue weighted by atomic mass is 127. The molecule has 0 radical (unpaired) electrons. The number of rotatable bonds is 9. The van der Waals surface area contributed by atoms with Crippen LogP contribution in [0.4, 0.5) is 0 Å². The van der Waals surface area contributed by atoms with E-state index < -0.39 is 0 Å². The van der Waals surface area contributed by atoms with E-state index in [1.165, 1.54) is 43.1 Å². The van der Waals surface area contributed by atoms with Crippen LogP contribution < -0.4 is 5.32 Å². The van der Waals surface area contributed by atoms with Crippen LogP contribution >= 0.6 is 22.6 Å². The normalized spacial score (nSPS) is 13.5. The summed E-state index contributed by atoms with van der Waals surface area (Å²) in [4.78, 5) is 0. The van der Waals surface area contributed by atoms with Crippen LogP contribution in [0.5, 0.6) is 0 Å². The Morgan fingerprint density at radius 2 is 1.71 bits per heavy atom. The molecule has 0 aliphatic heterocycles. The smallest absolute Gasteiger partial charge is 0.0180 e. The molecule has 0 spiro atoms. The maximum atomic E-state index is 3.64. The van der Waals surface area contributed by atoms with Gasteiger partial charge in [0.05, 0.1) is 0 Å². The fourth-order valence-electron chi connectivity index (χ4n) is 1.48. The predicted octanol–water partition coefficient (Wildman–Crippen LogP) is 4.01. The van der Waals surface area contributed by atoms with E-state index in [0.29, 0.717) is 6.04 Å². The van der Waals surface area contributed by atoms with Gasteiger partial charge in [0.15, 0.2) is 0 Å². The van der Waals surface area contributed by atoms with Gasteiger partial charge in [0, 0.05) is 10.5 Å². The third kappa shape index (κ3) is 8.04. The molecule has 0 heterocycles. The van der Waals surface area contributed by atoms with Crippen molar-refractivity contribution in [2.24, 2.45) is 5.92 Å². The summed E-state index contributed by atoms with van der Waals surface area (Å²) in [6.07, 6.45) is 6.90. The fourth-order valence-corrected chi connectivity index (χ4v) is 2.81. The molecule has 86 valence electrons. The molecule has 1 nitrogen and oxygen atoms in total. The molecule has 0 bridgehead atoms. The number of hydrogen-bond acceptors (Lipinski definition) is 1. The lowest BCUT2D eigenvalue weighted by molar-refractivity contribution is 0.429. The van der Waals surface area contributed by atoms with Crippen LogP contribution in [0.2, 0.25) is 0 Å². The maximum absolute atomic E-state index is 3.64. The van der Waals surface area contributed by atoms with Gasteiger partial charge < -0.3 is 5.32 Å². The molecule has 0 fully saturated rings. The van der Waals surface area contributed by atoms with Crippen molar-refractivity contribution < 1.29 is 0 Å². The lowest BCUT2D eigenvalue weighted by atomic mass is 10.1. The quantitative estimate of drug-likeness (QED) is 0.385. The van der Waals surface area contributed by atoms with Crippen molar-refractivity contribution in [3.05, 3.63) is 0 Å². The second kappa shape index (κ2) is 10.2. The Morgan fingerprint density at radius 3 is 2.21 bits per heavy atom. The van der Waals surface area contributed by atoms with Crippen LogP contribution in [0.25, 0.3) is 0 Å². The van der Waals surface area contributed by atoms with E-state index in [1.807, 2.05) is 0 Å². The molecule has 1 N–H and O–H groups in total. The van der Waals surface area contributed by atoms with Gasteiger partial charge in [-0.3, -0.25) is 0 Å². The van der Waals surface area contributed by atoms with Gasteiger partial charge in [-0.15, -0.1) is 0 Å². The van der Waals surface area contributed by atoms with Crippen molar-refractivity contribution >= 4 is 22.6 Å². The Labute approximate surface area is 104 Å². The minimum Gasteiger partial charge on any atom is -0.313 e. The molecular weight excluding hydrogens is 285 g/mol. The molecule has 0 aliphatic rings. The molecule has 0 saturated carbocycles. The number of alkyl halides is 1. The summed E-state index contributed by atoms with van der Waals surface area (Å²) in [6.45, 7) is 8.07. The summed E-state index contributed by atoms with van der Waals surface area (Å²) in [5.41, 5.74) is 0. The highest BCUT2D eigenvalue weighted by molar-refractivity contribution is 14.1. The number of nitrogens with one attached hydrogen (secondary N) is 1. The Bertz CT molecular complexity index is 115. The molecule has 2 heteroatoms. The Balaban J connectivity index is 3.25. The molecule has 0 aromatic carbocycles. The standard InChI is InChI=1S/C12H26IN/c1-4-5-6-7-8-9-14-12(10-13)11(2)3/h11-12,14H,4-10H2,1-3H3. The fraction of sp³-hybridized carbons (Fsp3) is 1.00. The molecule has 1 atom stereocenters. The van der Waals surface area contributed by atoms with Gasteiger partial charge in [-0.2, -0.15) is 0 Å². The van der Waals surface area contributed by atoms with Gasteiger partial charge in [0.25, 0.3) is 0 Å². The van der Waals surface area contributed by atoms with Gasteiger partial charge >= 0.3 is 0 Å². The topological polar surface area (TPSA) is 12.0 Å². The van der Waals surface area contributed by atoms with Crippen molar-refractivity contribution in [3.63, 3.8) is 0 Å². The van der Waals surface area contributed by atoms with Crippen LogP contribution in [0.15, 0.2) is 0 Å². The average molecular weight is 311 g/mol. The predicted molar refractivity (Wildman–Crippen MR) is 74.3 cm³/mol. The zero-order chi connectivity index (χ0) is 10.8. The van der Waals surface area contributed by atoms with Crippen LogP contribution in [-0.2, 0) is 0 Å². The monoisotopic (exact) mass is 311 g/mol. The first-order valence-corrected chi connectivity index (χ1v) is 7.54. The van der Waals surface area contributed by atoms with Crippen LogP contribution in [0.1, 0.15) is 52.9 Å². The highest BCUT2D eigenvalue weighted by Gasteiger charge is 2.09. The molecule has 0 aromatic heterocycles. The zero-order valence-corrected chi connectivity index (χ0v) is 12.1. The SMILES string of the molecule is CCCCCCCNC(CI)C(C)C. The lowest BCUT2D eigenvalue weighted by Crippen LogP contribution is -2.35. The van der Waals surface area contributed by atoms with E-state index in [-0.39, 0.29) is 0 Å². The van der Waals surface area contributed by atoms with E-state index in [2.05, 4.69) is 48.7 Å². The first kappa shape index (κ1) is 14.7. The molecule has 14 heavy (non-hydrogen) atoms. The first-order chi connectivity index (χ1) is 6.72. The zero-order valence-electron chi connectivity index (χ0n) is 9.98. The number of halogens is 1. The molecule has 0 amide bonds. The molecule has 0 saturated heterocycles. The summed E-state index contributed by atoms with van der Waals surface area (Å²) < 4.78 is 1.23. The largest absolute Gasteiger partial charge is 0.313 e. The third-order valence-electron chi connectivity index (χ3n) is 2.66. The third-order valence-corrected chi connectivity index (χ3v) is 3.61. The minimum absolute atomic E-state index is 0.710. The van der Waals surface area contributed by atoms with Crippen LogP contribution in [0, 0.1) is 5.92 Å². The number of hydrogen-bond donors (Lipinski definition) is 1. The van der Waals surface area contributed by atoms with Gasteiger partial charge in [-0.05, 0) is 18.9 Å². The highest BCUT2D eigenvalue weighted by Crippen LogP contribution is 2.06. The summed E-state index contributed by atoms with van der Waals surface area (Å²) in [5.74, 6) is 0.766. The van der Waals surface area contributed by atoms with Crippen molar-refractivity contribution in [3.8, 4) is 0 Å². The Kier molecular flexibility index (Phi) is 10.7. The van der Waals surface area contributed by atoms with Gasteiger partial charge in [-0.25, -0.2) is 0 Å². The average Bonchev–Trinajstić information content (AvgIpc) is 2.16. The van der Waals surface area contributed by atoms with Crippen molar-refractivity contribution in [1.29, 1.82) is 0 Å². The summed E-state index contributed by atoms with van der Waals surface area (Å²) in [6, 6.07) is 0.710. The van der Waals surface area contributed by atoms with E-state index >= 15 is 0 Å². The van der Waals surface area contributed by atoms with Crippen LogP contribution in [-0.4, -0.2) is 17.0 Å². The number of unbranched alkanes of at least 4 members (excludes halogenated alkanes) is 4. The van der Waals surface area contributed by atoms with Gasteiger partial charge in [-0.1, -0.05) is 69.0 Å². The minimum atomic E-state index is 0.710. The lowest BCUT2D eigenvalue weighted by Gasteiger charge is -2.19. The molecule has 0 aromatic rings. The second-order valence-electron chi connectivity index (χ2n) is 4.37.